The first-order valence-corrected chi connectivity index (χ1v) is 7.91. The molecule has 0 aliphatic heterocycles. The molecule has 0 saturated carbocycles. The van der Waals surface area contributed by atoms with Gasteiger partial charge < -0.3 is 14.8 Å². The molecular formula is C19H21NO3. The highest BCUT2D eigenvalue weighted by Gasteiger charge is 2.21. The number of aryl methyl sites for hydroxylation is 1. The van der Waals surface area contributed by atoms with Crippen molar-refractivity contribution in [3.63, 3.8) is 0 Å². The Bertz CT molecular complexity index is 684. The summed E-state index contributed by atoms with van der Waals surface area (Å²) in [5.74, 6) is 1.09. The summed E-state index contributed by atoms with van der Waals surface area (Å²) >= 11 is 0. The van der Waals surface area contributed by atoms with Crippen molar-refractivity contribution < 1.29 is 14.3 Å². The third-order valence-corrected chi connectivity index (χ3v) is 4.13. The molecule has 0 heterocycles. The Hall–Kier alpha value is -2.49. The average Bonchev–Trinajstić information content (AvgIpc) is 2.60. The van der Waals surface area contributed by atoms with Crippen molar-refractivity contribution in [1.82, 2.24) is 5.32 Å². The predicted octanol–water partition coefficient (Wildman–Crippen LogP) is 3.27. The molecule has 0 fully saturated rings. The number of hydrogen-bond acceptors (Lipinski definition) is 3. The monoisotopic (exact) mass is 311 g/mol. The molecule has 1 aliphatic carbocycles. The van der Waals surface area contributed by atoms with Crippen molar-refractivity contribution in [2.75, 3.05) is 13.7 Å². The van der Waals surface area contributed by atoms with E-state index in [1.54, 1.807) is 13.2 Å². The van der Waals surface area contributed by atoms with E-state index < -0.39 is 0 Å². The Labute approximate surface area is 136 Å². The molecular weight excluding hydrogens is 290 g/mol. The first-order chi connectivity index (χ1) is 11.3. The zero-order chi connectivity index (χ0) is 16.1. The Morgan fingerprint density at radius 2 is 1.87 bits per heavy atom. The number of benzene rings is 2. The summed E-state index contributed by atoms with van der Waals surface area (Å²) in [7, 11) is 1.58. The van der Waals surface area contributed by atoms with Gasteiger partial charge in [0.25, 0.3) is 5.91 Å². The molecule has 2 aromatic carbocycles. The minimum absolute atomic E-state index is 0.0148. The van der Waals surface area contributed by atoms with Crippen LogP contribution in [0.25, 0.3) is 0 Å². The summed E-state index contributed by atoms with van der Waals surface area (Å²) in [5, 5.41) is 3.08. The molecule has 1 aliphatic rings. The first kappa shape index (κ1) is 15.4. The number of hydrogen-bond donors (Lipinski definition) is 1. The van der Waals surface area contributed by atoms with Crippen LogP contribution in [0.4, 0.5) is 0 Å². The summed E-state index contributed by atoms with van der Waals surface area (Å²) in [6.45, 7) is -0.0148. The normalized spacial score (nSPS) is 16.3. The van der Waals surface area contributed by atoms with E-state index >= 15 is 0 Å². The van der Waals surface area contributed by atoms with Crippen LogP contribution in [0.5, 0.6) is 11.5 Å². The number of fused-ring (bicyclic) bond motifs is 1. The molecule has 0 aromatic heterocycles. The van der Waals surface area contributed by atoms with Crippen LogP contribution in [0.15, 0.2) is 48.5 Å². The molecule has 1 N–H and O–H groups in total. The lowest BCUT2D eigenvalue weighted by molar-refractivity contribution is -0.124. The highest BCUT2D eigenvalue weighted by molar-refractivity contribution is 5.78. The molecule has 0 radical (unpaired) electrons. The second-order valence-corrected chi connectivity index (χ2v) is 5.65. The van der Waals surface area contributed by atoms with Gasteiger partial charge in [-0.25, -0.2) is 0 Å². The lowest BCUT2D eigenvalue weighted by atomic mass is 9.88. The van der Waals surface area contributed by atoms with Gasteiger partial charge in [0, 0.05) is 0 Å². The van der Waals surface area contributed by atoms with Crippen molar-refractivity contribution in [3.05, 3.63) is 59.7 Å². The zero-order valence-electron chi connectivity index (χ0n) is 13.2. The Kier molecular flexibility index (Phi) is 4.81. The van der Waals surface area contributed by atoms with Gasteiger partial charge in [-0.05, 0) is 42.5 Å². The van der Waals surface area contributed by atoms with Crippen molar-refractivity contribution in [1.29, 1.82) is 0 Å². The van der Waals surface area contributed by atoms with Crippen LogP contribution in [-0.2, 0) is 11.2 Å². The van der Waals surface area contributed by atoms with E-state index in [0.717, 1.165) is 19.3 Å². The van der Waals surface area contributed by atoms with Crippen LogP contribution in [0.3, 0.4) is 0 Å². The molecule has 23 heavy (non-hydrogen) atoms. The number of nitrogens with one attached hydrogen (secondary N) is 1. The van der Waals surface area contributed by atoms with Crippen molar-refractivity contribution >= 4 is 5.91 Å². The van der Waals surface area contributed by atoms with Gasteiger partial charge in [-0.2, -0.15) is 0 Å². The van der Waals surface area contributed by atoms with Crippen LogP contribution in [0.1, 0.15) is 30.0 Å². The Balaban J connectivity index is 1.60. The van der Waals surface area contributed by atoms with Gasteiger partial charge in [0.05, 0.1) is 13.2 Å². The van der Waals surface area contributed by atoms with E-state index in [4.69, 9.17) is 9.47 Å². The van der Waals surface area contributed by atoms with Gasteiger partial charge in [-0.15, -0.1) is 0 Å². The number of ether oxygens (including phenoxy) is 2. The van der Waals surface area contributed by atoms with Crippen molar-refractivity contribution in [3.8, 4) is 11.5 Å². The second kappa shape index (κ2) is 7.18. The van der Waals surface area contributed by atoms with E-state index in [1.807, 2.05) is 30.3 Å². The van der Waals surface area contributed by atoms with Gasteiger partial charge in [0.1, 0.15) is 0 Å². The minimum atomic E-state index is -0.113. The Morgan fingerprint density at radius 1 is 1.13 bits per heavy atom. The number of rotatable bonds is 5. The molecule has 4 nitrogen and oxygen atoms in total. The maximum Gasteiger partial charge on any atom is 0.258 e. The van der Waals surface area contributed by atoms with Crippen LogP contribution in [-0.4, -0.2) is 19.6 Å². The first-order valence-electron chi connectivity index (χ1n) is 7.91. The maximum atomic E-state index is 12.2. The smallest absolute Gasteiger partial charge is 0.258 e. The summed E-state index contributed by atoms with van der Waals surface area (Å²) in [6, 6.07) is 15.7. The standard InChI is InChI=1S/C19H21NO3/c1-22-17-11-4-5-12-18(17)23-13-19(21)20-16-10-6-8-14-7-2-3-9-15(14)16/h2-5,7,9,11-12,16H,6,8,10,13H2,1H3,(H,20,21)/t16-/m0/s1. The maximum absolute atomic E-state index is 12.2. The van der Waals surface area contributed by atoms with Gasteiger partial charge in [0.15, 0.2) is 18.1 Å². The summed E-state index contributed by atoms with van der Waals surface area (Å²) in [6.07, 6.45) is 3.15. The molecule has 0 saturated heterocycles. The second-order valence-electron chi connectivity index (χ2n) is 5.65. The van der Waals surface area contributed by atoms with E-state index in [1.165, 1.54) is 11.1 Å². The van der Waals surface area contributed by atoms with Gasteiger partial charge >= 0.3 is 0 Å². The minimum Gasteiger partial charge on any atom is -0.493 e. The number of carbonyl (C=O) groups excluding carboxylic acids is 1. The highest BCUT2D eigenvalue weighted by atomic mass is 16.5. The fourth-order valence-electron chi connectivity index (χ4n) is 3.02. The van der Waals surface area contributed by atoms with E-state index in [2.05, 4.69) is 17.4 Å². The van der Waals surface area contributed by atoms with E-state index in [9.17, 15) is 4.79 Å². The number of para-hydroxylation sites is 2. The molecule has 3 rings (SSSR count). The third kappa shape index (κ3) is 3.65. The van der Waals surface area contributed by atoms with Crippen molar-refractivity contribution in [2.45, 2.75) is 25.3 Å². The molecule has 4 heteroatoms. The number of carbonyl (C=O) groups is 1. The lowest BCUT2D eigenvalue weighted by Crippen LogP contribution is -2.34. The van der Waals surface area contributed by atoms with Crippen LogP contribution in [0.2, 0.25) is 0 Å². The highest BCUT2D eigenvalue weighted by Crippen LogP contribution is 2.29. The zero-order valence-corrected chi connectivity index (χ0v) is 13.2. The van der Waals surface area contributed by atoms with Gasteiger partial charge in [-0.1, -0.05) is 36.4 Å². The van der Waals surface area contributed by atoms with Crippen LogP contribution >= 0.6 is 0 Å². The number of amides is 1. The van der Waals surface area contributed by atoms with Crippen LogP contribution < -0.4 is 14.8 Å². The fraction of sp³-hybridized carbons (Fsp3) is 0.316. The quantitative estimate of drug-likeness (QED) is 0.922. The topological polar surface area (TPSA) is 47.6 Å². The largest absolute Gasteiger partial charge is 0.493 e. The molecule has 0 unspecified atom stereocenters. The fourth-order valence-corrected chi connectivity index (χ4v) is 3.02. The Morgan fingerprint density at radius 3 is 2.70 bits per heavy atom. The third-order valence-electron chi connectivity index (χ3n) is 4.13. The SMILES string of the molecule is COc1ccccc1OCC(=O)N[C@H]1CCCc2ccccc21. The predicted molar refractivity (Wildman–Crippen MR) is 88.8 cm³/mol. The molecule has 1 amide bonds. The van der Waals surface area contributed by atoms with Gasteiger partial charge in [0.2, 0.25) is 0 Å². The summed E-state index contributed by atoms with van der Waals surface area (Å²) < 4.78 is 10.8. The molecule has 1 atom stereocenters. The molecule has 0 bridgehead atoms. The molecule has 0 spiro atoms. The average molecular weight is 311 g/mol. The van der Waals surface area contributed by atoms with Crippen LogP contribution in [0, 0.1) is 0 Å². The molecule has 2 aromatic rings. The van der Waals surface area contributed by atoms with E-state index in [-0.39, 0.29) is 18.6 Å². The number of methoxy groups -OCH3 is 1. The lowest BCUT2D eigenvalue weighted by Gasteiger charge is -2.26. The van der Waals surface area contributed by atoms with Crippen molar-refractivity contribution in [2.24, 2.45) is 0 Å². The summed E-state index contributed by atoms with van der Waals surface area (Å²) in [4.78, 5) is 12.2. The summed E-state index contributed by atoms with van der Waals surface area (Å²) in [5.41, 5.74) is 2.55. The van der Waals surface area contributed by atoms with Gasteiger partial charge in [-0.3, -0.25) is 4.79 Å². The van der Waals surface area contributed by atoms with E-state index in [0.29, 0.717) is 11.5 Å². The molecule has 120 valence electrons.